The van der Waals surface area contributed by atoms with Crippen molar-refractivity contribution in [2.75, 3.05) is 41.5 Å². The summed E-state index contributed by atoms with van der Waals surface area (Å²) < 4.78 is 20.6. The molecule has 1 amide bonds. The molecule has 1 rings (SSSR count). The van der Waals surface area contributed by atoms with Crippen molar-refractivity contribution in [2.24, 2.45) is 0 Å². The van der Waals surface area contributed by atoms with Gasteiger partial charge in [0, 0.05) is 18.7 Å². The van der Waals surface area contributed by atoms with Gasteiger partial charge in [-0.25, -0.2) is 0 Å². The molecule has 1 aromatic rings. The van der Waals surface area contributed by atoms with Crippen LogP contribution in [0.5, 0.6) is 17.2 Å². The summed E-state index contributed by atoms with van der Waals surface area (Å²) in [7, 11) is 5.85. The van der Waals surface area contributed by atoms with E-state index in [-0.39, 0.29) is 18.3 Å². The van der Waals surface area contributed by atoms with Gasteiger partial charge in [0.2, 0.25) is 5.75 Å². The Hall–Kier alpha value is -2.44. The molecule has 0 saturated carbocycles. The summed E-state index contributed by atoms with van der Waals surface area (Å²) in [6.07, 6.45) is 3.08. The Labute approximate surface area is 155 Å². The maximum Gasteiger partial charge on any atom is 0.307 e. The fourth-order valence-electron chi connectivity index (χ4n) is 2.58. The SMILES string of the molecule is CCCCCN(CCC(=O)OC)C(=O)c1cc(OC)c(OC)c(OC)c1. The predicted octanol–water partition coefficient (Wildman–Crippen LogP) is 2.91. The van der Waals surface area contributed by atoms with E-state index >= 15 is 0 Å². The maximum absolute atomic E-state index is 13.0. The number of amides is 1. The second-order valence-electron chi connectivity index (χ2n) is 5.74. The fraction of sp³-hybridized carbons (Fsp3) is 0.579. The number of nitrogens with zero attached hydrogens (tertiary/aromatic N) is 1. The Bertz CT molecular complexity index is 577. The molecule has 7 nitrogen and oxygen atoms in total. The fourth-order valence-corrected chi connectivity index (χ4v) is 2.58. The maximum atomic E-state index is 13.0. The smallest absolute Gasteiger partial charge is 0.307 e. The van der Waals surface area contributed by atoms with Gasteiger partial charge in [-0.15, -0.1) is 0 Å². The van der Waals surface area contributed by atoms with Gasteiger partial charge >= 0.3 is 5.97 Å². The van der Waals surface area contributed by atoms with Crippen molar-refractivity contribution in [1.82, 2.24) is 4.90 Å². The molecule has 146 valence electrons. The molecule has 0 aliphatic carbocycles. The highest BCUT2D eigenvalue weighted by atomic mass is 16.5. The van der Waals surface area contributed by atoms with Crippen LogP contribution >= 0.6 is 0 Å². The van der Waals surface area contributed by atoms with E-state index < -0.39 is 0 Å². The molecule has 0 fully saturated rings. The second-order valence-corrected chi connectivity index (χ2v) is 5.74. The first-order valence-electron chi connectivity index (χ1n) is 8.68. The molecule has 0 bridgehead atoms. The van der Waals surface area contributed by atoms with E-state index in [4.69, 9.17) is 14.2 Å². The quantitative estimate of drug-likeness (QED) is 0.442. The summed E-state index contributed by atoms with van der Waals surface area (Å²) in [6.45, 7) is 2.96. The lowest BCUT2D eigenvalue weighted by atomic mass is 10.1. The lowest BCUT2D eigenvalue weighted by molar-refractivity contribution is -0.140. The number of methoxy groups -OCH3 is 4. The molecule has 0 radical (unpaired) electrons. The van der Waals surface area contributed by atoms with Crippen molar-refractivity contribution in [3.05, 3.63) is 17.7 Å². The van der Waals surface area contributed by atoms with Crippen LogP contribution in [0.1, 0.15) is 43.0 Å². The van der Waals surface area contributed by atoms with Crippen molar-refractivity contribution in [3.63, 3.8) is 0 Å². The van der Waals surface area contributed by atoms with Gasteiger partial charge < -0.3 is 23.8 Å². The predicted molar refractivity (Wildman–Crippen MR) is 98.2 cm³/mol. The molecule has 0 aliphatic heterocycles. The second kappa shape index (κ2) is 11.2. The van der Waals surface area contributed by atoms with Crippen molar-refractivity contribution in [3.8, 4) is 17.2 Å². The van der Waals surface area contributed by atoms with Crippen molar-refractivity contribution < 1.29 is 28.5 Å². The van der Waals surface area contributed by atoms with E-state index in [9.17, 15) is 9.59 Å². The lowest BCUT2D eigenvalue weighted by Crippen LogP contribution is -2.34. The van der Waals surface area contributed by atoms with Gasteiger partial charge in [-0.3, -0.25) is 9.59 Å². The molecule has 0 spiro atoms. The standard InChI is InChI=1S/C19H29NO6/c1-6-7-8-10-20(11-9-17(21)25-4)19(22)14-12-15(23-2)18(26-5)16(13-14)24-3/h12-13H,6-11H2,1-5H3. The zero-order valence-electron chi connectivity index (χ0n) is 16.3. The number of esters is 1. The number of unbranched alkanes of at least 4 members (excludes halogenated alkanes) is 2. The Morgan fingerprint density at radius 2 is 1.54 bits per heavy atom. The summed E-state index contributed by atoms with van der Waals surface area (Å²) >= 11 is 0. The Kier molecular flexibility index (Phi) is 9.33. The molecule has 7 heteroatoms. The number of ether oxygens (including phenoxy) is 4. The van der Waals surface area contributed by atoms with Gasteiger partial charge in [-0.1, -0.05) is 19.8 Å². The molecule has 0 aliphatic rings. The first-order valence-corrected chi connectivity index (χ1v) is 8.68. The highest BCUT2D eigenvalue weighted by Gasteiger charge is 2.21. The molecule has 1 aromatic carbocycles. The van der Waals surface area contributed by atoms with Gasteiger partial charge in [0.15, 0.2) is 11.5 Å². The third-order valence-corrected chi connectivity index (χ3v) is 4.04. The highest BCUT2D eigenvalue weighted by molar-refractivity contribution is 5.95. The molecule has 0 atom stereocenters. The molecular formula is C19H29NO6. The number of benzene rings is 1. The number of carbonyl (C=O) groups is 2. The summed E-state index contributed by atoms with van der Waals surface area (Å²) in [6, 6.07) is 3.24. The average molecular weight is 367 g/mol. The van der Waals surface area contributed by atoms with Crippen LogP contribution in [-0.2, 0) is 9.53 Å². The van der Waals surface area contributed by atoms with Crippen LogP contribution in [0.2, 0.25) is 0 Å². The zero-order chi connectivity index (χ0) is 19.5. The number of carbonyl (C=O) groups excluding carboxylic acids is 2. The number of hydrogen-bond donors (Lipinski definition) is 0. The number of rotatable bonds is 11. The van der Waals surface area contributed by atoms with Gasteiger partial charge in [-0.2, -0.15) is 0 Å². The van der Waals surface area contributed by atoms with Gasteiger partial charge in [0.05, 0.1) is 34.9 Å². The zero-order valence-corrected chi connectivity index (χ0v) is 16.3. The summed E-state index contributed by atoms with van der Waals surface area (Å²) in [5.41, 5.74) is 0.417. The van der Waals surface area contributed by atoms with Crippen LogP contribution in [0.3, 0.4) is 0 Å². The normalized spacial score (nSPS) is 10.2. The van der Waals surface area contributed by atoms with Crippen molar-refractivity contribution in [1.29, 1.82) is 0 Å². The summed E-state index contributed by atoms with van der Waals surface area (Å²) in [5.74, 6) is 0.722. The Morgan fingerprint density at radius 1 is 0.923 bits per heavy atom. The molecule has 0 heterocycles. The van der Waals surface area contributed by atoms with E-state index in [0.29, 0.717) is 35.9 Å². The highest BCUT2D eigenvalue weighted by Crippen LogP contribution is 2.38. The third-order valence-electron chi connectivity index (χ3n) is 4.04. The van der Waals surface area contributed by atoms with Gasteiger partial charge in [0.25, 0.3) is 5.91 Å². The molecule has 0 N–H and O–H groups in total. The minimum absolute atomic E-state index is 0.152. The summed E-state index contributed by atoms with van der Waals surface area (Å²) in [5, 5.41) is 0. The van der Waals surface area contributed by atoms with Crippen LogP contribution in [0.25, 0.3) is 0 Å². The first-order chi connectivity index (χ1) is 12.5. The Morgan fingerprint density at radius 3 is 2.00 bits per heavy atom. The van der Waals surface area contributed by atoms with E-state index in [1.165, 1.54) is 28.4 Å². The average Bonchev–Trinajstić information content (AvgIpc) is 2.68. The molecule has 0 unspecified atom stereocenters. The van der Waals surface area contributed by atoms with Gasteiger partial charge in [0.1, 0.15) is 0 Å². The minimum atomic E-state index is -0.344. The number of hydrogen-bond acceptors (Lipinski definition) is 6. The van der Waals surface area contributed by atoms with Crippen LogP contribution in [0.15, 0.2) is 12.1 Å². The van der Waals surface area contributed by atoms with Crippen molar-refractivity contribution >= 4 is 11.9 Å². The van der Waals surface area contributed by atoms with Crippen LogP contribution in [0, 0.1) is 0 Å². The lowest BCUT2D eigenvalue weighted by Gasteiger charge is -2.23. The molecule has 0 saturated heterocycles. The topological polar surface area (TPSA) is 74.3 Å². The monoisotopic (exact) mass is 367 g/mol. The van der Waals surface area contributed by atoms with Crippen LogP contribution < -0.4 is 14.2 Å². The van der Waals surface area contributed by atoms with E-state index in [2.05, 4.69) is 11.7 Å². The van der Waals surface area contributed by atoms with E-state index in [1.54, 1.807) is 17.0 Å². The molecule has 0 aromatic heterocycles. The van der Waals surface area contributed by atoms with E-state index in [1.807, 2.05) is 0 Å². The van der Waals surface area contributed by atoms with E-state index in [0.717, 1.165) is 19.3 Å². The minimum Gasteiger partial charge on any atom is -0.493 e. The Balaban J connectivity index is 3.09. The van der Waals surface area contributed by atoms with Gasteiger partial charge in [-0.05, 0) is 18.6 Å². The molecular weight excluding hydrogens is 338 g/mol. The van der Waals surface area contributed by atoms with Crippen molar-refractivity contribution in [2.45, 2.75) is 32.6 Å². The first kappa shape index (κ1) is 21.6. The van der Waals surface area contributed by atoms with Crippen LogP contribution in [0.4, 0.5) is 0 Å². The largest absolute Gasteiger partial charge is 0.493 e. The van der Waals surface area contributed by atoms with Crippen LogP contribution in [-0.4, -0.2) is 58.3 Å². The molecule has 26 heavy (non-hydrogen) atoms. The summed E-state index contributed by atoms with van der Waals surface area (Å²) in [4.78, 5) is 26.1. The third kappa shape index (κ3) is 5.82.